The highest BCUT2D eigenvalue weighted by atomic mass is 127. The number of amides is 1. The van der Waals surface area contributed by atoms with Gasteiger partial charge < -0.3 is 20.9 Å². The van der Waals surface area contributed by atoms with E-state index in [1.807, 2.05) is 48.5 Å². The highest BCUT2D eigenvalue weighted by molar-refractivity contribution is 14.0. The van der Waals surface area contributed by atoms with E-state index in [0.29, 0.717) is 18.7 Å². The van der Waals surface area contributed by atoms with Crippen LogP contribution in [-0.4, -0.2) is 58.0 Å². The molecule has 0 saturated carbocycles. The smallest absolute Gasteiger partial charge is 0.251 e. The molecule has 0 aliphatic rings. The van der Waals surface area contributed by atoms with Gasteiger partial charge in [-0.1, -0.05) is 35.9 Å². The zero-order valence-electron chi connectivity index (χ0n) is 17.9. The first-order valence-electron chi connectivity index (χ1n) is 9.62. The predicted molar refractivity (Wildman–Crippen MR) is 136 cm³/mol. The van der Waals surface area contributed by atoms with Crippen LogP contribution in [0.3, 0.4) is 0 Å². The maximum Gasteiger partial charge on any atom is 0.251 e. The van der Waals surface area contributed by atoms with Gasteiger partial charge in [0.05, 0.1) is 6.04 Å². The number of halogens is 2. The third kappa shape index (κ3) is 8.12. The molecule has 1 atom stereocenters. The van der Waals surface area contributed by atoms with Crippen LogP contribution in [0.25, 0.3) is 0 Å². The number of rotatable bonds is 8. The molecule has 6 nitrogen and oxygen atoms in total. The van der Waals surface area contributed by atoms with E-state index >= 15 is 0 Å². The number of hydrogen-bond donors (Lipinski definition) is 3. The Hall–Kier alpha value is -1.84. The van der Waals surface area contributed by atoms with Crippen LogP contribution in [-0.2, 0) is 6.42 Å². The molecule has 0 saturated heterocycles. The average molecular weight is 544 g/mol. The number of guanidine groups is 1. The van der Waals surface area contributed by atoms with E-state index in [-0.39, 0.29) is 35.9 Å². The van der Waals surface area contributed by atoms with Crippen LogP contribution < -0.4 is 16.0 Å². The molecule has 30 heavy (non-hydrogen) atoms. The number of likely N-dealkylation sites (N-methyl/N-ethyl adjacent to an activating group) is 1. The fourth-order valence-corrected chi connectivity index (χ4v) is 3.16. The quantitative estimate of drug-likeness (QED) is 0.271. The number of carbonyl (C=O) groups excluding carboxylic acids is 1. The van der Waals surface area contributed by atoms with Crippen molar-refractivity contribution in [1.29, 1.82) is 0 Å². The Kier molecular flexibility index (Phi) is 11.8. The standard InChI is InChI=1S/C22H30ClN5O.HI/c1-24-21(29)18-7-5-6-16(14-18)12-13-26-22(25-2)27-15-20(28(3)4)17-8-10-19(23)11-9-17;/h5-11,14,20H,12-13,15H2,1-4H3,(H,24,29)(H2,25,26,27);1H. The largest absolute Gasteiger partial charge is 0.356 e. The number of nitrogens with one attached hydrogen (secondary N) is 3. The molecule has 2 aromatic carbocycles. The second-order valence-corrected chi connectivity index (χ2v) is 7.38. The van der Waals surface area contributed by atoms with E-state index in [9.17, 15) is 4.79 Å². The van der Waals surface area contributed by atoms with Crippen molar-refractivity contribution in [2.75, 3.05) is 41.3 Å². The monoisotopic (exact) mass is 543 g/mol. The second-order valence-electron chi connectivity index (χ2n) is 6.94. The number of aliphatic imine (C=N–C) groups is 1. The molecule has 0 aromatic heterocycles. The van der Waals surface area contributed by atoms with Crippen LogP contribution in [0.15, 0.2) is 53.5 Å². The third-order valence-electron chi connectivity index (χ3n) is 4.69. The minimum Gasteiger partial charge on any atom is -0.356 e. The Morgan fingerprint density at radius 1 is 1.13 bits per heavy atom. The highest BCUT2D eigenvalue weighted by Gasteiger charge is 2.14. The van der Waals surface area contributed by atoms with Gasteiger partial charge in [0, 0.05) is 37.8 Å². The van der Waals surface area contributed by atoms with Crippen LogP contribution in [0.2, 0.25) is 5.02 Å². The van der Waals surface area contributed by atoms with Crippen LogP contribution in [0, 0.1) is 0 Å². The first-order chi connectivity index (χ1) is 13.9. The third-order valence-corrected chi connectivity index (χ3v) is 4.94. The Bertz CT molecular complexity index is 827. The van der Waals surface area contributed by atoms with Crippen LogP contribution in [0.4, 0.5) is 0 Å². The van der Waals surface area contributed by atoms with Crippen molar-refractivity contribution in [2.24, 2.45) is 4.99 Å². The van der Waals surface area contributed by atoms with E-state index in [0.717, 1.165) is 23.0 Å². The molecule has 1 unspecified atom stereocenters. The molecule has 2 aromatic rings. The van der Waals surface area contributed by atoms with Crippen LogP contribution in [0.1, 0.15) is 27.5 Å². The van der Waals surface area contributed by atoms with Gasteiger partial charge in [0.2, 0.25) is 0 Å². The van der Waals surface area contributed by atoms with E-state index in [4.69, 9.17) is 11.6 Å². The Labute approximate surface area is 201 Å². The molecule has 0 aliphatic carbocycles. The summed E-state index contributed by atoms with van der Waals surface area (Å²) in [5, 5.41) is 10.1. The Balaban J connectivity index is 0.00000450. The minimum atomic E-state index is -0.0748. The topological polar surface area (TPSA) is 68.8 Å². The highest BCUT2D eigenvalue weighted by Crippen LogP contribution is 2.19. The molecular formula is C22H31ClIN5O. The molecule has 0 aliphatic heterocycles. The minimum absolute atomic E-state index is 0. The number of benzene rings is 2. The van der Waals surface area contributed by atoms with Gasteiger partial charge in [-0.2, -0.15) is 0 Å². The summed E-state index contributed by atoms with van der Waals surface area (Å²) in [6.45, 7) is 1.42. The van der Waals surface area contributed by atoms with Gasteiger partial charge in [-0.05, 0) is 55.9 Å². The summed E-state index contributed by atoms with van der Waals surface area (Å²) in [5.41, 5.74) is 2.96. The second kappa shape index (κ2) is 13.5. The first kappa shape index (κ1) is 26.2. The SMILES string of the molecule is CN=C(NCCc1cccc(C(=O)NC)c1)NCC(c1ccc(Cl)cc1)N(C)C.I. The number of nitrogens with zero attached hydrogens (tertiary/aromatic N) is 2. The summed E-state index contributed by atoms with van der Waals surface area (Å²) in [7, 11) is 7.50. The Morgan fingerprint density at radius 2 is 1.83 bits per heavy atom. The maximum atomic E-state index is 11.8. The summed E-state index contributed by atoms with van der Waals surface area (Å²) in [4.78, 5) is 18.2. The number of hydrogen-bond acceptors (Lipinski definition) is 3. The van der Waals surface area contributed by atoms with E-state index < -0.39 is 0 Å². The molecule has 3 N–H and O–H groups in total. The molecular weight excluding hydrogens is 513 g/mol. The Morgan fingerprint density at radius 3 is 2.43 bits per heavy atom. The summed E-state index contributed by atoms with van der Waals surface area (Å²) < 4.78 is 0. The van der Waals surface area contributed by atoms with Gasteiger partial charge in [-0.25, -0.2) is 0 Å². The summed E-state index contributed by atoms with van der Waals surface area (Å²) in [6, 6.07) is 15.8. The zero-order valence-corrected chi connectivity index (χ0v) is 21.0. The molecule has 0 heterocycles. The van der Waals surface area contributed by atoms with E-state index in [1.165, 1.54) is 5.56 Å². The van der Waals surface area contributed by atoms with Crippen molar-refractivity contribution in [2.45, 2.75) is 12.5 Å². The van der Waals surface area contributed by atoms with Gasteiger partial charge in [-0.3, -0.25) is 9.79 Å². The molecule has 2 rings (SSSR count). The molecule has 164 valence electrons. The molecule has 0 spiro atoms. The first-order valence-corrected chi connectivity index (χ1v) is 9.99. The predicted octanol–water partition coefficient (Wildman–Crippen LogP) is 3.33. The van der Waals surface area contributed by atoms with Crippen molar-refractivity contribution >= 4 is 47.4 Å². The molecule has 1 amide bonds. The lowest BCUT2D eigenvalue weighted by Crippen LogP contribution is -2.42. The lowest BCUT2D eigenvalue weighted by atomic mass is 10.1. The molecule has 0 fully saturated rings. The normalized spacial score (nSPS) is 12.1. The van der Waals surface area contributed by atoms with Crippen LogP contribution in [0.5, 0.6) is 0 Å². The van der Waals surface area contributed by atoms with Gasteiger partial charge in [0.15, 0.2) is 5.96 Å². The summed E-state index contributed by atoms with van der Waals surface area (Å²) >= 11 is 6.01. The maximum absolute atomic E-state index is 11.8. The molecule has 0 bridgehead atoms. The summed E-state index contributed by atoms with van der Waals surface area (Å²) in [6.07, 6.45) is 0.791. The fraction of sp³-hybridized carbons (Fsp3) is 0.364. The van der Waals surface area contributed by atoms with Crippen molar-refractivity contribution in [3.63, 3.8) is 0 Å². The van der Waals surface area contributed by atoms with Gasteiger partial charge in [-0.15, -0.1) is 24.0 Å². The van der Waals surface area contributed by atoms with Crippen molar-refractivity contribution in [3.8, 4) is 0 Å². The van der Waals surface area contributed by atoms with Crippen molar-refractivity contribution in [1.82, 2.24) is 20.9 Å². The number of carbonyl (C=O) groups is 1. The average Bonchev–Trinajstić information content (AvgIpc) is 2.73. The lowest BCUT2D eigenvalue weighted by molar-refractivity contribution is 0.0963. The van der Waals surface area contributed by atoms with Gasteiger partial charge >= 0.3 is 0 Å². The summed E-state index contributed by atoms with van der Waals surface area (Å²) in [5.74, 6) is 0.669. The lowest BCUT2D eigenvalue weighted by Gasteiger charge is -2.26. The van der Waals surface area contributed by atoms with Gasteiger partial charge in [0.1, 0.15) is 0 Å². The van der Waals surface area contributed by atoms with Gasteiger partial charge in [0.25, 0.3) is 5.91 Å². The zero-order chi connectivity index (χ0) is 21.2. The van der Waals surface area contributed by atoms with Crippen molar-refractivity contribution < 1.29 is 4.79 Å². The fourth-order valence-electron chi connectivity index (χ4n) is 3.04. The van der Waals surface area contributed by atoms with Crippen molar-refractivity contribution in [3.05, 3.63) is 70.2 Å². The van der Waals surface area contributed by atoms with E-state index in [2.05, 4.69) is 39.9 Å². The molecule has 0 radical (unpaired) electrons. The van der Waals surface area contributed by atoms with Crippen LogP contribution >= 0.6 is 35.6 Å². The van der Waals surface area contributed by atoms with E-state index in [1.54, 1.807) is 14.1 Å². The molecule has 8 heteroatoms.